The topological polar surface area (TPSA) is 81.6 Å². The molecule has 0 spiro atoms. The number of hydrogen-bond acceptors (Lipinski definition) is 6. The van der Waals surface area contributed by atoms with Gasteiger partial charge in [-0.2, -0.15) is 0 Å². The molecule has 0 bridgehead atoms. The zero-order valence-electron chi connectivity index (χ0n) is 18.1. The van der Waals surface area contributed by atoms with Gasteiger partial charge in [0.05, 0.1) is 19.0 Å². The molecule has 0 unspecified atom stereocenters. The first-order valence-electron chi connectivity index (χ1n) is 10.3. The van der Waals surface area contributed by atoms with E-state index in [0.29, 0.717) is 42.8 Å². The molecule has 1 saturated heterocycles. The minimum absolute atomic E-state index is 0.00881. The highest BCUT2D eigenvalue weighted by Gasteiger charge is 2.27. The second-order valence-electron chi connectivity index (χ2n) is 8.60. The molecule has 7 heteroatoms. The van der Waals surface area contributed by atoms with Crippen molar-refractivity contribution in [2.24, 2.45) is 5.92 Å². The van der Waals surface area contributed by atoms with Gasteiger partial charge in [-0.25, -0.2) is 14.8 Å². The summed E-state index contributed by atoms with van der Waals surface area (Å²) < 4.78 is 11.3. The third-order valence-corrected chi connectivity index (χ3v) is 4.91. The van der Waals surface area contributed by atoms with E-state index in [1.54, 1.807) is 29.4 Å². The van der Waals surface area contributed by atoms with E-state index in [0.717, 1.165) is 18.4 Å². The van der Waals surface area contributed by atoms with Crippen molar-refractivity contribution in [3.63, 3.8) is 0 Å². The van der Waals surface area contributed by atoms with Gasteiger partial charge < -0.3 is 14.4 Å². The Balaban J connectivity index is 1.49. The molecule has 30 heavy (non-hydrogen) atoms. The van der Waals surface area contributed by atoms with Crippen molar-refractivity contribution in [1.82, 2.24) is 14.9 Å². The highest BCUT2D eigenvalue weighted by molar-refractivity contribution is 5.95. The number of carbonyl (C=O) groups excluding carboxylic acids is 2. The number of rotatable bonds is 5. The lowest BCUT2D eigenvalue weighted by atomic mass is 9.98. The van der Waals surface area contributed by atoms with Crippen molar-refractivity contribution in [2.75, 3.05) is 19.7 Å². The van der Waals surface area contributed by atoms with Crippen LogP contribution in [0.1, 0.15) is 50.9 Å². The zero-order valence-corrected chi connectivity index (χ0v) is 18.1. The first kappa shape index (κ1) is 21.7. The van der Waals surface area contributed by atoms with E-state index in [-0.39, 0.29) is 11.9 Å². The van der Waals surface area contributed by atoms with Crippen molar-refractivity contribution in [2.45, 2.75) is 46.1 Å². The maximum Gasteiger partial charge on any atom is 0.410 e. The maximum absolute atomic E-state index is 12.1. The van der Waals surface area contributed by atoms with E-state index in [1.807, 2.05) is 32.9 Å². The Morgan fingerprint density at radius 1 is 1.13 bits per heavy atom. The number of piperidine rings is 1. The Morgan fingerprint density at radius 2 is 1.80 bits per heavy atom. The predicted molar refractivity (Wildman–Crippen MR) is 113 cm³/mol. The van der Waals surface area contributed by atoms with Crippen LogP contribution in [0.5, 0.6) is 5.75 Å². The number of hydrogen-bond donors (Lipinski definition) is 0. The van der Waals surface area contributed by atoms with E-state index in [2.05, 4.69) is 9.97 Å². The average Bonchev–Trinajstić information content (AvgIpc) is 2.72. The lowest BCUT2D eigenvalue weighted by molar-refractivity contribution is 0.0164. The largest absolute Gasteiger partial charge is 0.490 e. The van der Waals surface area contributed by atoms with Crippen molar-refractivity contribution in [3.8, 4) is 17.1 Å². The first-order chi connectivity index (χ1) is 14.2. The highest BCUT2D eigenvalue weighted by Crippen LogP contribution is 2.22. The van der Waals surface area contributed by atoms with Gasteiger partial charge >= 0.3 is 6.09 Å². The van der Waals surface area contributed by atoms with Crippen LogP contribution in [0, 0.1) is 5.92 Å². The number of likely N-dealkylation sites (tertiary alicyclic amines) is 1. The minimum atomic E-state index is -0.476. The summed E-state index contributed by atoms with van der Waals surface area (Å²) in [7, 11) is 0. The highest BCUT2D eigenvalue weighted by atomic mass is 16.6. The van der Waals surface area contributed by atoms with Crippen LogP contribution in [-0.4, -0.2) is 52.0 Å². The fraction of sp³-hybridized carbons (Fsp3) is 0.478. The van der Waals surface area contributed by atoms with Crippen LogP contribution in [-0.2, 0) is 4.74 Å². The van der Waals surface area contributed by atoms with Crippen LogP contribution >= 0.6 is 0 Å². The summed E-state index contributed by atoms with van der Waals surface area (Å²) >= 11 is 0. The maximum atomic E-state index is 12.1. The van der Waals surface area contributed by atoms with Crippen LogP contribution in [0.2, 0.25) is 0 Å². The van der Waals surface area contributed by atoms with Crippen molar-refractivity contribution in [3.05, 3.63) is 42.2 Å². The Labute approximate surface area is 177 Å². The predicted octanol–water partition coefficient (Wildman–Crippen LogP) is 4.37. The summed E-state index contributed by atoms with van der Waals surface area (Å²) in [5.74, 6) is 1.54. The Bertz CT molecular complexity index is 882. The smallest absolute Gasteiger partial charge is 0.410 e. The minimum Gasteiger partial charge on any atom is -0.490 e. The number of amides is 1. The molecular weight excluding hydrogens is 382 g/mol. The summed E-state index contributed by atoms with van der Waals surface area (Å²) in [6.07, 6.45) is 4.79. The van der Waals surface area contributed by atoms with Gasteiger partial charge in [-0.15, -0.1) is 0 Å². The van der Waals surface area contributed by atoms with Crippen LogP contribution in [0.3, 0.4) is 0 Å². The van der Waals surface area contributed by atoms with Crippen LogP contribution < -0.4 is 4.74 Å². The molecule has 1 aromatic carbocycles. The lowest BCUT2D eigenvalue weighted by Gasteiger charge is -2.33. The molecule has 0 radical (unpaired) electrons. The molecule has 2 aromatic rings. The third kappa shape index (κ3) is 6.02. The number of benzene rings is 1. The number of carbonyl (C=O) groups is 2. The molecule has 0 aliphatic carbocycles. The van der Waals surface area contributed by atoms with Gasteiger partial charge in [-0.1, -0.05) is 18.2 Å². The molecule has 1 amide bonds. The van der Waals surface area contributed by atoms with Gasteiger partial charge in [-0.3, -0.25) is 4.79 Å². The summed E-state index contributed by atoms with van der Waals surface area (Å²) in [6.45, 7) is 9.06. The first-order valence-corrected chi connectivity index (χ1v) is 10.3. The summed E-state index contributed by atoms with van der Waals surface area (Å²) in [4.78, 5) is 34.2. The molecule has 1 aromatic heterocycles. The summed E-state index contributed by atoms with van der Waals surface area (Å²) in [5.41, 5.74) is 0.953. The average molecular weight is 412 g/mol. The zero-order chi connectivity index (χ0) is 21.7. The lowest BCUT2D eigenvalue weighted by Crippen LogP contribution is -2.42. The van der Waals surface area contributed by atoms with E-state index in [1.165, 1.54) is 6.92 Å². The van der Waals surface area contributed by atoms with Crippen molar-refractivity contribution in [1.29, 1.82) is 0 Å². The van der Waals surface area contributed by atoms with Gasteiger partial charge in [0.2, 0.25) is 0 Å². The molecular formula is C23H29N3O4. The van der Waals surface area contributed by atoms with Crippen LogP contribution in [0.25, 0.3) is 11.4 Å². The van der Waals surface area contributed by atoms with Gasteiger partial charge in [-0.05, 0) is 52.5 Å². The van der Waals surface area contributed by atoms with E-state index >= 15 is 0 Å². The van der Waals surface area contributed by atoms with Crippen LogP contribution in [0.4, 0.5) is 4.79 Å². The number of ketones is 1. The van der Waals surface area contributed by atoms with Gasteiger partial charge in [0.25, 0.3) is 0 Å². The molecule has 1 aliphatic heterocycles. The van der Waals surface area contributed by atoms with E-state index < -0.39 is 5.60 Å². The quantitative estimate of drug-likeness (QED) is 0.680. The summed E-state index contributed by atoms with van der Waals surface area (Å²) in [6, 6.07) is 7.26. The van der Waals surface area contributed by atoms with Gasteiger partial charge in [0, 0.05) is 24.2 Å². The Hall–Kier alpha value is -2.96. The number of nitrogens with zero attached hydrogens (tertiary/aromatic N) is 3. The number of ether oxygens (including phenoxy) is 2. The molecule has 0 atom stereocenters. The standard InChI is InChI=1S/C23H29N3O4/c1-16(27)18-6-5-7-19(12-18)21-24-13-20(14-25-21)29-15-17-8-10-26(11-9-17)22(28)30-23(2,3)4/h5-7,12-14,17H,8-11,15H2,1-4H3. The molecule has 0 N–H and O–H groups in total. The van der Waals surface area contributed by atoms with Gasteiger partial charge in [0.15, 0.2) is 17.4 Å². The fourth-order valence-corrected chi connectivity index (χ4v) is 3.24. The molecule has 7 nitrogen and oxygen atoms in total. The molecule has 2 heterocycles. The van der Waals surface area contributed by atoms with E-state index in [4.69, 9.17) is 9.47 Å². The molecule has 1 fully saturated rings. The molecule has 160 valence electrons. The van der Waals surface area contributed by atoms with Crippen molar-refractivity contribution >= 4 is 11.9 Å². The van der Waals surface area contributed by atoms with Crippen LogP contribution in [0.15, 0.2) is 36.7 Å². The number of aromatic nitrogens is 2. The number of Topliss-reactive ketones (excluding diaryl/α,β-unsaturated/α-hetero) is 1. The third-order valence-electron chi connectivity index (χ3n) is 4.91. The van der Waals surface area contributed by atoms with Crippen molar-refractivity contribution < 1.29 is 19.1 Å². The molecule has 1 aliphatic rings. The monoisotopic (exact) mass is 411 g/mol. The van der Waals surface area contributed by atoms with E-state index in [9.17, 15) is 9.59 Å². The second kappa shape index (κ2) is 9.24. The molecule has 0 saturated carbocycles. The SMILES string of the molecule is CC(=O)c1cccc(-c2ncc(OCC3CCN(C(=O)OC(C)(C)C)CC3)cn2)c1. The van der Waals surface area contributed by atoms with Gasteiger partial charge in [0.1, 0.15) is 5.60 Å². The fourth-order valence-electron chi connectivity index (χ4n) is 3.24. The normalized spacial score (nSPS) is 15.0. The Morgan fingerprint density at radius 3 is 2.40 bits per heavy atom. The Kier molecular flexibility index (Phi) is 6.70. The summed E-state index contributed by atoms with van der Waals surface area (Å²) in [5, 5.41) is 0. The molecule has 3 rings (SSSR count). The second-order valence-corrected chi connectivity index (χ2v) is 8.60.